The molecule has 2 heterocycles. The van der Waals surface area contributed by atoms with Crippen molar-refractivity contribution in [3.63, 3.8) is 0 Å². The van der Waals surface area contributed by atoms with Crippen molar-refractivity contribution in [2.24, 2.45) is 0 Å². The van der Waals surface area contributed by atoms with Gasteiger partial charge in [0.1, 0.15) is 16.6 Å². The number of aryl methyl sites for hydroxylation is 1. The molecule has 0 atom stereocenters. The molecule has 0 amide bonds. The monoisotopic (exact) mass is 389 g/mol. The second-order valence-corrected chi connectivity index (χ2v) is 6.81. The van der Waals surface area contributed by atoms with Gasteiger partial charge in [-0.3, -0.25) is 14.6 Å². The lowest BCUT2D eigenvalue weighted by Gasteiger charge is -2.14. The second-order valence-electron chi connectivity index (χ2n) is 6.81. The van der Waals surface area contributed by atoms with Gasteiger partial charge in [-0.1, -0.05) is 30.3 Å². The number of aromatic nitrogens is 3. The van der Waals surface area contributed by atoms with Crippen LogP contribution in [-0.2, 0) is 16.1 Å². The van der Waals surface area contributed by atoms with Crippen LogP contribution in [0.5, 0.6) is 11.5 Å². The number of hydrogen-bond acceptors (Lipinski definition) is 6. The highest BCUT2D eigenvalue weighted by atomic mass is 16.5. The Morgan fingerprint density at radius 1 is 0.966 bits per heavy atom. The minimum Gasteiger partial charge on any atom is -0.424 e. The van der Waals surface area contributed by atoms with Gasteiger partial charge < -0.3 is 14.0 Å². The smallest absolute Gasteiger partial charge is 0.308 e. The quantitative estimate of drug-likeness (QED) is 0.390. The molecule has 0 unspecified atom stereocenters. The fourth-order valence-electron chi connectivity index (χ4n) is 3.34. The van der Waals surface area contributed by atoms with E-state index >= 15 is 0 Å². The van der Waals surface area contributed by atoms with Gasteiger partial charge in [0.05, 0.1) is 6.33 Å². The first-order valence-electron chi connectivity index (χ1n) is 9.12. The Labute approximate surface area is 166 Å². The van der Waals surface area contributed by atoms with Crippen molar-refractivity contribution in [1.29, 1.82) is 0 Å². The molecule has 2 aromatic heterocycles. The second kappa shape index (κ2) is 7.35. The van der Waals surface area contributed by atoms with Crippen LogP contribution in [0.1, 0.15) is 25.0 Å². The molecule has 0 spiro atoms. The van der Waals surface area contributed by atoms with Crippen molar-refractivity contribution in [2.45, 2.75) is 27.3 Å². The van der Waals surface area contributed by atoms with Crippen molar-refractivity contribution in [3.05, 3.63) is 60.0 Å². The first-order chi connectivity index (χ1) is 13.9. The molecule has 0 aliphatic carbocycles. The number of carbonyl (C=O) groups excluding carboxylic acids is 2. The van der Waals surface area contributed by atoms with Gasteiger partial charge in [-0.15, -0.1) is 0 Å². The van der Waals surface area contributed by atoms with Gasteiger partial charge >= 0.3 is 11.9 Å². The number of esters is 2. The highest BCUT2D eigenvalue weighted by Crippen LogP contribution is 2.42. The number of nitrogens with zero attached hydrogens (tertiary/aromatic N) is 3. The van der Waals surface area contributed by atoms with Crippen LogP contribution in [0, 0.1) is 6.92 Å². The molecule has 0 aliphatic heterocycles. The standard InChI is InChI=1S/C22H19N3O4/c1-13-9-17-18(23-10-13)22(29-15(3)27)19-20(21(17)28-14(2)26)25(12-24-19)11-16-7-5-4-6-8-16/h4-10,12H,11H2,1-3H3. The van der Waals surface area contributed by atoms with E-state index in [9.17, 15) is 9.59 Å². The van der Waals surface area contributed by atoms with E-state index in [-0.39, 0.29) is 5.75 Å². The minimum atomic E-state index is -0.479. The van der Waals surface area contributed by atoms with E-state index in [4.69, 9.17) is 9.47 Å². The van der Waals surface area contributed by atoms with Crippen molar-refractivity contribution in [3.8, 4) is 11.5 Å². The first-order valence-corrected chi connectivity index (χ1v) is 9.12. The number of hydrogen-bond donors (Lipinski definition) is 0. The van der Waals surface area contributed by atoms with Gasteiger partial charge in [-0.2, -0.15) is 0 Å². The van der Waals surface area contributed by atoms with Crippen LogP contribution in [0.4, 0.5) is 0 Å². The summed E-state index contributed by atoms with van der Waals surface area (Å²) < 4.78 is 13.0. The lowest BCUT2D eigenvalue weighted by Crippen LogP contribution is -2.08. The zero-order valence-electron chi connectivity index (χ0n) is 16.3. The highest BCUT2D eigenvalue weighted by molar-refractivity contribution is 6.09. The van der Waals surface area contributed by atoms with Gasteiger partial charge in [-0.25, -0.2) is 4.98 Å². The predicted molar refractivity (Wildman–Crippen MR) is 108 cm³/mol. The van der Waals surface area contributed by atoms with Crippen molar-refractivity contribution < 1.29 is 19.1 Å². The number of rotatable bonds is 4. The number of imidazole rings is 1. The molecule has 4 rings (SSSR count). The Morgan fingerprint density at radius 2 is 1.66 bits per heavy atom. The predicted octanol–water partition coefficient (Wildman–Crippen LogP) is 3.79. The molecule has 0 bridgehead atoms. The Hall–Kier alpha value is -3.74. The average molecular weight is 389 g/mol. The van der Waals surface area contributed by atoms with Crippen LogP contribution in [0.3, 0.4) is 0 Å². The van der Waals surface area contributed by atoms with Gasteiger partial charge in [0.15, 0.2) is 11.5 Å². The third kappa shape index (κ3) is 3.54. The third-order valence-electron chi connectivity index (χ3n) is 4.44. The van der Waals surface area contributed by atoms with E-state index in [0.29, 0.717) is 34.2 Å². The van der Waals surface area contributed by atoms with Crippen LogP contribution in [-0.4, -0.2) is 26.5 Å². The Morgan fingerprint density at radius 3 is 2.34 bits per heavy atom. The Kier molecular flexibility index (Phi) is 4.72. The summed E-state index contributed by atoms with van der Waals surface area (Å²) in [6.07, 6.45) is 3.31. The van der Waals surface area contributed by atoms with Gasteiger partial charge in [0, 0.05) is 32.0 Å². The molecule has 0 aliphatic rings. The van der Waals surface area contributed by atoms with Gasteiger partial charge in [0.25, 0.3) is 0 Å². The Balaban J connectivity index is 2.06. The molecule has 0 saturated carbocycles. The number of ether oxygens (including phenoxy) is 2. The molecule has 0 saturated heterocycles. The van der Waals surface area contributed by atoms with Crippen LogP contribution in [0.15, 0.2) is 48.9 Å². The largest absolute Gasteiger partial charge is 0.424 e. The van der Waals surface area contributed by atoms with Gasteiger partial charge in [-0.05, 0) is 24.1 Å². The summed E-state index contributed by atoms with van der Waals surface area (Å²) in [5, 5.41) is 0.582. The molecule has 0 N–H and O–H groups in total. The van der Waals surface area contributed by atoms with E-state index in [1.807, 2.05) is 47.9 Å². The van der Waals surface area contributed by atoms with E-state index in [0.717, 1.165) is 11.1 Å². The summed E-state index contributed by atoms with van der Waals surface area (Å²) >= 11 is 0. The maximum atomic E-state index is 11.9. The molecule has 4 aromatic rings. The number of benzene rings is 2. The average Bonchev–Trinajstić information content (AvgIpc) is 3.08. The third-order valence-corrected chi connectivity index (χ3v) is 4.44. The van der Waals surface area contributed by atoms with Gasteiger partial charge in [0.2, 0.25) is 0 Å². The normalized spacial score (nSPS) is 11.0. The molecule has 146 valence electrons. The SMILES string of the molecule is CC(=O)Oc1c2ncc(C)cc2c(OC(C)=O)c2c1ncn2Cc1ccccc1. The topological polar surface area (TPSA) is 83.3 Å². The summed E-state index contributed by atoms with van der Waals surface area (Å²) in [4.78, 5) is 32.5. The summed E-state index contributed by atoms with van der Waals surface area (Å²) in [5.41, 5.74) is 3.33. The molecule has 7 nitrogen and oxygen atoms in total. The van der Waals surface area contributed by atoms with E-state index < -0.39 is 11.9 Å². The molecular formula is C22H19N3O4. The molecule has 0 radical (unpaired) electrons. The zero-order chi connectivity index (χ0) is 20.5. The summed E-state index contributed by atoms with van der Waals surface area (Å²) in [6, 6.07) is 11.7. The lowest BCUT2D eigenvalue weighted by molar-refractivity contribution is -0.132. The van der Waals surface area contributed by atoms with Crippen molar-refractivity contribution in [1.82, 2.24) is 14.5 Å². The maximum Gasteiger partial charge on any atom is 0.308 e. The lowest BCUT2D eigenvalue weighted by atomic mass is 10.1. The molecule has 29 heavy (non-hydrogen) atoms. The van der Waals surface area contributed by atoms with E-state index in [1.54, 1.807) is 12.5 Å². The molecule has 0 fully saturated rings. The van der Waals surface area contributed by atoms with Crippen LogP contribution in [0.25, 0.3) is 21.9 Å². The van der Waals surface area contributed by atoms with Crippen LogP contribution >= 0.6 is 0 Å². The van der Waals surface area contributed by atoms with E-state index in [1.165, 1.54) is 13.8 Å². The number of carbonyl (C=O) groups is 2. The minimum absolute atomic E-state index is 0.255. The summed E-state index contributed by atoms with van der Waals surface area (Å²) in [5.74, 6) is -0.331. The summed E-state index contributed by atoms with van der Waals surface area (Å²) in [7, 11) is 0. The zero-order valence-corrected chi connectivity index (χ0v) is 16.3. The number of fused-ring (bicyclic) bond motifs is 2. The van der Waals surface area contributed by atoms with Crippen LogP contribution < -0.4 is 9.47 Å². The first kappa shape index (κ1) is 18.6. The molecule has 2 aromatic carbocycles. The Bertz CT molecular complexity index is 1250. The van der Waals surface area contributed by atoms with Crippen molar-refractivity contribution in [2.75, 3.05) is 0 Å². The molecular weight excluding hydrogens is 370 g/mol. The molecule has 7 heteroatoms. The maximum absolute atomic E-state index is 11.9. The number of pyridine rings is 1. The highest BCUT2D eigenvalue weighted by Gasteiger charge is 2.24. The van der Waals surface area contributed by atoms with Crippen LogP contribution in [0.2, 0.25) is 0 Å². The summed E-state index contributed by atoms with van der Waals surface area (Å²) in [6.45, 7) is 5.07. The fraction of sp³-hybridized carbons (Fsp3) is 0.182. The van der Waals surface area contributed by atoms with Crippen molar-refractivity contribution >= 4 is 33.9 Å². The van der Waals surface area contributed by atoms with E-state index in [2.05, 4.69) is 9.97 Å². The fourth-order valence-corrected chi connectivity index (χ4v) is 3.34.